The third kappa shape index (κ3) is 2.86. The molecule has 1 N–H and O–H groups in total. The summed E-state index contributed by atoms with van der Waals surface area (Å²) in [7, 11) is 0. The first-order valence-corrected chi connectivity index (χ1v) is 4.45. The van der Waals surface area contributed by atoms with Crippen molar-refractivity contribution in [1.82, 2.24) is 4.98 Å². The molecule has 6 heteroatoms. The number of hydrogen-bond donors (Lipinski definition) is 1. The minimum Gasteiger partial charge on any atom is -0.481 e. The molecule has 0 spiro atoms. The van der Waals surface area contributed by atoms with Crippen LogP contribution in [-0.4, -0.2) is 16.1 Å². The fourth-order valence-corrected chi connectivity index (χ4v) is 1.41. The van der Waals surface area contributed by atoms with Gasteiger partial charge in [0.15, 0.2) is 0 Å². The van der Waals surface area contributed by atoms with E-state index in [0.29, 0.717) is 5.69 Å². The smallest absolute Gasteiger partial charge is 0.309 e. The summed E-state index contributed by atoms with van der Waals surface area (Å²) in [6.07, 6.45) is -3.19. The van der Waals surface area contributed by atoms with Crippen molar-refractivity contribution in [3.63, 3.8) is 0 Å². The highest BCUT2D eigenvalue weighted by atomic mass is 35.5. The van der Waals surface area contributed by atoms with Gasteiger partial charge in [-0.3, -0.25) is 9.78 Å². The molecule has 1 heterocycles. The highest BCUT2D eigenvalue weighted by Gasteiger charge is 2.18. The predicted molar refractivity (Wildman–Crippen MR) is 50.3 cm³/mol. The normalized spacial score (nSPS) is 10.7. The van der Waals surface area contributed by atoms with Crippen LogP contribution in [0.4, 0.5) is 8.78 Å². The molecule has 1 aromatic rings. The molecule has 82 valence electrons. The van der Waals surface area contributed by atoms with Crippen molar-refractivity contribution in [3.05, 3.63) is 28.0 Å². The molecule has 0 atom stereocenters. The van der Waals surface area contributed by atoms with Gasteiger partial charge in [0.05, 0.1) is 17.1 Å². The summed E-state index contributed by atoms with van der Waals surface area (Å²) < 4.78 is 24.9. The van der Waals surface area contributed by atoms with Gasteiger partial charge in [0.25, 0.3) is 6.43 Å². The van der Waals surface area contributed by atoms with E-state index in [0.717, 1.165) is 6.07 Å². The zero-order chi connectivity index (χ0) is 11.6. The fourth-order valence-electron chi connectivity index (χ4n) is 1.17. The van der Waals surface area contributed by atoms with Crippen molar-refractivity contribution in [2.24, 2.45) is 0 Å². The maximum Gasteiger partial charge on any atom is 0.309 e. The van der Waals surface area contributed by atoms with E-state index in [4.69, 9.17) is 16.7 Å². The lowest BCUT2D eigenvalue weighted by molar-refractivity contribution is -0.136. The molecule has 0 aliphatic rings. The number of pyridine rings is 1. The Kier molecular flexibility index (Phi) is 3.57. The number of aryl methyl sites for hydroxylation is 1. The summed E-state index contributed by atoms with van der Waals surface area (Å²) in [5.41, 5.74) is -0.0779. The zero-order valence-corrected chi connectivity index (χ0v) is 8.55. The van der Waals surface area contributed by atoms with Crippen LogP contribution in [0.25, 0.3) is 0 Å². The number of alkyl halides is 2. The van der Waals surface area contributed by atoms with Crippen LogP contribution in [0.2, 0.25) is 5.02 Å². The number of carboxylic acid groups (broad SMARTS) is 1. The molecule has 0 amide bonds. The van der Waals surface area contributed by atoms with Crippen LogP contribution in [0.1, 0.15) is 23.4 Å². The quantitative estimate of drug-likeness (QED) is 0.876. The molecule has 0 fully saturated rings. The second-order valence-electron chi connectivity index (χ2n) is 2.98. The Bertz CT molecular complexity index is 396. The number of aliphatic carboxylic acids is 1. The van der Waals surface area contributed by atoms with Crippen molar-refractivity contribution >= 4 is 17.6 Å². The standard InChI is InChI=1S/C9H8ClF2NO2/c1-4-2-5(9(11)12)8(10)6(13-4)3-7(14)15/h2,9H,3H2,1H3,(H,14,15). The minimum atomic E-state index is -2.73. The molecular weight excluding hydrogens is 228 g/mol. The molecule has 1 rings (SSSR count). The molecule has 0 aliphatic heterocycles. The average molecular weight is 236 g/mol. The molecule has 0 saturated heterocycles. The molecular formula is C9H8ClF2NO2. The SMILES string of the molecule is Cc1cc(C(F)F)c(Cl)c(CC(=O)O)n1. The van der Waals surface area contributed by atoms with E-state index in [-0.39, 0.29) is 16.3 Å². The molecule has 15 heavy (non-hydrogen) atoms. The summed E-state index contributed by atoms with van der Waals surface area (Å²) in [5, 5.41) is 8.26. The third-order valence-corrected chi connectivity index (χ3v) is 2.17. The maximum atomic E-state index is 12.5. The first-order chi connectivity index (χ1) is 6.91. The van der Waals surface area contributed by atoms with E-state index in [9.17, 15) is 13.6 Å². The van der Waals surface area contributed by atoms with Crippen LogP contribution >= 0.6 is 11.6 Å². The molecule has 0 aliphatic carbocycles. The number of carbonyl (C=O) groups is 1. The first-order valence-electron chi connectivity index (χ1n) is 4.07. The van der Waals surface area contributed by atoms with Crippen molar-refractivity contribution in [2.75, 3.05) is 0 Å². The van der Waals surface area contributed by atoms with E-state index >= 15 is 0 Å². The van der Waals surface area contributed by atoms with Gasteiger partial charge in [0, 0.05) is 11.3 Å². The number of halogens is 3. The van der Waals surface area contributed by atoms with Gasteiger partial charge >= 0.3 is 5.97 Å². The Labute approximate surface area is 89.7 Å². The highest BCUT2D eigenvalue weighted by molar-refractivity contribution is 6.32. The summed E-state index contributed by atoms with van der Waals surface area (Å²) in [4.78, 5) is 14.2. The third-order valence-electron chi connectivity index (χ3n) is 1.74. The van der Waals surface area contributed by atoms with E-state index in [1.54, 1.807) is 0 Å². The molecule has 0 aromatic carbocycles. The average Bonchev–Trinajstić information content (AvgIpc) is 2.09. The van der Waals surface area contributed by atoms with Crippen LogP contribution in [-0.2, 0) is 11.2 Å². The lowest BCUT2D eigenvalue weighted by Crippen LogP contribution is -2.06. The topological polar surface area (TPSA) is 50.2 Å². The van der Waals surface area contributed by atoms with Crippen molar-refractivity contribution in [3.8, 4) is 0 Å². The summed E-state index contributed by atoms with van der Waals surface area (Å²) >= 11 is 5.61. The number of hydrogen-bond acceptors (Lipinski definition) is 2. The van der Waals surface area contributed by atoms with Crippen LogP contribution in [0, 0.1) is 6.92 Å². The van der Waals surface area contributed by atoms with Gasteiger partial charge in [0.1, 0.15) is 0 Å². The Morgan fingerprint density at radius 3 is 2.73 bits per heavy atom. The second-order valence-corrected chi connectivity index (χ2v) is 3.36. The zero-order valence-electron chi connectivity index (χ0n) is 7.80. The van der Waals surface area contributed by atoms with E-state index in [1.807, 2.05) is 0 Å². The molecule has 1 aromatic heterocycles. The highest BCUT2D eigenvalue weighted by Crippen LogP contribution is 2.29. The van der Waals surface area contributed by atoms with E-state index in [2.05, 4.69) is 4.98 Å². The maximum absolute atomic E-state index is 12.5. The molecule has 0 radical (unpaired) electrons. The van der Waals surface area contributed by atoms with Gasteiger partial charge in [-0.25, -0.2) is 8.78 Å². The first kappa shape index (κ1) is 11.8. The lowest BCUT2D eigenvalue weighted by Gasteiger charge is -2.08. The molecule has 3 nitrogen and oxygen atoms in total. The van der Waals surface area contributed by atoms with Gasteiger partial charge in [0.2, 0.25) is 0 Å². The Morgan fingerprint density at radius 1 is 1.67 bits per heavy atom. The van der Waals surface area contributed by atoms with Crippen molar-refractivity contribution < 1.29 is 18.7 Å². The number of aromatic nitrogens is 1. The van der Waals surface area contributed by atoms with Gasteiger partial charge in [-0.15, -0.1) is 0 Å². The van der Waals surface area contributed by atoms with Gasteiger partial charge in [-0.2, -0.15) is 0 Å². The molecule has 0 bridgehead atoms. The predicted octanol–water partition coefficient (Wildman–Crippen LogP) is 2.61. The Balaban J connectivity index is 3.21. The van der Waals surface area contributed by atoms with Gasteiger partial charge in [-0.1, -0.05) is 11.6 Å². The van der Waals surface area contributed by atoms with Crippen LogP contribution < -0.4 is 0 Å². The fraction of sp³-hybridized carbons (Fsp3) is 0.333. The van der Waals surface area contributed by atoms with Crippen LogP contribution in [0.5, 0.6) is 0 Å². The number of carboxylic acids is 1. The summed E-state index contributed by atoms with van der Waals surface area (Å²) in [6, 6.07) is 1.15. The molecule has 0 unspecified atom stereocenters. The summed E-state index contributed by atoms with van der Waals surface area (Å²) in [5.74, 6) is -1.16. The van der Waals surface area contributed by atoms with E-state index in [1.165, 1.54) is 6.92 Å². The monoisotopic (exact) mass is 235 g/mol. The molecule has 0 saturated carbocycles. The second kappa shape index (κ2) is 4.53. The van der Waals surface area contributed by atoms with Crippen LogP contribution in [0.3, 0.4) is 0 Å². The summed E-state index contributed by atoms with van der Waals surface area (Å²) in [6.45, 7) is 1.51. The van der Waals surface area contributed by atoms with Crippen molar-refractivity contribution in [2.45, 2.75) is 19.8 Å². The van der Waals surface area contributed by atoms with Crippen LogP contribution in [0.15, 0.2) is 6.07 Å². The minimum absolute atomic E-state index is 0.0283. The van der Waals surface area contributed by atoms with Crippen molar-refractivity contribution in [1.29, 1.82) is 0 Å². The van der Waals surface area contributed by atoms with E-state index < -0.39 is 18.8 Å². The number of nitrogens with zero attached hydrogens (tertiary/aromatic N) is 1. The van der Waals surface area contributed by atoms with Gasteiger partial charge < -0.3 is 5.11 Å². The largest absolute Gasteiger partial charge is 0.481 e. The Morgan fingerprint density at radius 2 is 2.27 bits per heavy atom. The lowest BCUT2D eigenvalue weighted by atomic mass is 10.1. The Hall–Kier alpha value is -1.23. The van der Waals surface area contributed by atoms with Gasteiger partial charge in [-0.05, 0) is 13.0 Å². The number of rotatable bonds is 3.